The molecule has 20 heavy (non-hydrogen) atoms. The van der Waals surface area contributed by atoms with Crippen molar-refractivity contribution in [3.63, 3.8) is 0 Å². The summed E-state index contributed by atoms with van der Waals surface area (Å²) in [5.74, 6) is -0.802. The number of benzene rings is 1. The maximum absolute atomic E-state index is 12.7. The number of nitrogens with zero attached hydrogens (tertiary/aromatic N) is 1. The molecule has 0 saturated carbocycles. The molecule has 1 unspecified atom stereocenters. The molecule has 1 amide bonds. The van der Waals surface area contributed by atoms with E-state index in [0.717, 1.165) is 6.07 Å². The summed E-state index contributed by atoms with van der Waals surface area (Å²) in [5, 5.41) is 11.9. The average molecular weight is 286 g/mol. The van der Waals surface area contributed by atoms with Gasteiger partial charge in [-0.05, 0) is 25.5 Å². The van der Waals surface area contributed by atoms with Crippen LogP contribution in [0.4, 0.5) is 24.5 Å². The predicted molar refractivity (Wildman–Crippen MR) is 67.3 cm³/mol. The number of rotatable bonds is 3. The number of alkyl halides is 3. The van der Waals surface area contributed by atoms with Crippen molar-refractivity contribution in [2.75, 3.05) is 5.32 Å². The van der Waals surface area contributed by atoms with Gasteiger partial charge in [-0.2, -0.15) is 13.2 Å². The van der Waals surface area contributed by atoms with Crippen molar-refractivity contribution >= 4 is 17.3 Å². The Bertz CT molecular complexity index is 560. The van der Waals surface area contributed by atoms with Crippen LogP contribution in [0.3, 0.4) is 0 Å². The first-order valence-electron chi connectivity index (χ1n) is 5.74. The van der Waals surface area contributed by atoms with Crippen LogP contribution in [-0.2, 0) is 11.0 Å². The van der Waals surface area contributed by atoms with Crippen LogP contribution in [0.2, 0.25) is 0 Å². The Hall–Kier alpha value is -2.07. The molecule has 2 N–H and O–H groups in total. The number of anilines is 1. The Balaban J connectivity index is 3.12. The number of nitrogens with one attached hydrogen (secondary N) is 1. The standard InChI is InChI=1S/C13H13F3N2O2/c1-4-12(2,20)11(19)18-8-5-6-10(17-3)9(7-8)13(14,15)16/h5-7,20H,4H2,1-2H3,(H,18,19). The number of carbonyl (C=O) groups excluding carboxylic acids is 1. The highest BCUT2D eigenvalue weighted by Crippen LogP contribution is 2.38. The molecule has 1 aromatic rings. The van der Waals surface area contributed by atoms with Crippen LogP contribution < -0.4 is 5.32 Å². The molecule has 1 rings (SSSR count). The van der Waals surface area contributed by atoms with E-state index in [-0.39, 0.29) is 12.1 Å². The Morgan fingerprint density at radius 1 is 1.45 bits per heavy atom. The summed E-state index contributed by atoms with van der Waals surface area (Å²) in [6.07, 6.45) is -4.57. The molecule has 0 aliphatic rings. The van der Waals surface area contributed by atoms with E-state index in [1.54, 1.807) is 6.92 Å². The Kier molecular flexibility index (Phi) is 4.40. The molecule has 0 saturated heterocycles. The van der Waals surface area contributed by atoms with E-state index in [4.69, 9.17) is 6.57 Å². The van der Waals surface area contributed by atoms with Gasteiger partial charge in [0, 0.05) is 5.69 Å². The fourth-order valence-electron chi connectivity index (χ4n) is 1.36. The smallest absolute Gasteiger partial charge is 0.380 e. The molecular weight excluding hydrogens is 273 g/mol. The van der Waals surface area contributed by atoms with Crippen molar-refractivity contribution in [1.29, 1.82) is 0 Å². The maximum Gasteiger partial charge on any atom is 0.407 e. The van der Waals surface area contributed by atoms with Gasteiger partial charge in [-0.3, -0.25) is 4.79 Å². The highest BCUT2D eigenvalue weighted by atomic mass is 19.4. The molecule has 0 spiro atoms. The normalized spacial score (nSPS) is 14.2. The van der Waals surface area contributed by atoms with Crippen LogP contribution in [0.1, 0.15) is 25.8 Å². The molecule has 7 heteroatoms. The van der Waals surface area contributed by atoms with Gasteiger partial charge in [0.1, 0.15) is 5.60 Å². The zero-order chi connectivity index (χ0) is 15.6. The monoisotopic (exact) mass is 286 g/mol. The highest BCUT2D eigenvalue weighted by Gasteiger charge is 2.34. The summed E-state index contributed by atoms with van der Waals surface area (Å²) in [6, 6.07) is 2.84. The molecule has 1 aromatic carbocycles. The first-order chi connectivity index (χ1) is 9.11. The van der Waals surface area contributed by atoms with E-state index in [1.807, 2.05) is 0 Å². The van der Waals surface area contributed by atoms with Crippen molar-refractivity contribution < 1.29 is 23.1 Å². The molecule has 0 aliphatic heterocycles. The van der Waals surface area contributed by atoms with Crippen molar-refractivity contribution in [3.8, 4) is 0 Å². The molecule has 1 atom stereocenters. The summed E-state index contributed by atoms with van der Waals surface area (Å²) in [7, 11) is 0. The molecular formula is C13H13F3N2O2. The van der Waals surface area contributed by atoms with E-state index in [2.05, 4.69) is 10.2 Å². The summed E-state index contributed by atoms with van der Waals surface area (Å²) in [6.45, 7) is 9.54. The molecule has 0 bridgehead atoms. The second-order valence-corrected chi connectivity index (χ2v) is 4.42. The summed E-state index contributed by atoms with van der Waals surface area (Å²) in [5.41, 5.74) is -3.46. The average Bonchev–Trinajstić information content (AvgIpc) is 2.37. The highest BCUT2D eigenvalue weighted by molar-refractivity contribution is 5.97. The zero-order valence-corrected chi connectivity index (χ0v) is 10.9. The second-order valence-electron chi connectivity index (χ2n) is 4.42. The van der Waals surface area contributed by atoms with Crippen molar-refractivity contribution in [1.82, 2.24) is 0 Å². The van der Waals surface area contributed by atoms with Gasteiger partial charge in [-0.15, -0.1) is 0 Å². The lowest BCUT2D eigenvalue weighted by Crippen LogP contribution is -2.39. The summed E-state index contributed by atoms with van der Waals surface area (Å²) >= 11 is 0. The SMILES string of the molecule is [C-]#[N+]c1ccc(NC(=O)C(C)(O)CC)cc1C(F)(F)F. The largest absolute Gasteiger partial charge is 0.407 e. The second kappa shape index (κ2) is 5.51. The number of halogens is 3. The number of hydrogen-bond donors (Lipinski definition) is 2. The molecule has 0 fully saturated rings. The first-order valence-corrected chi connectivity index (χ1v) is 5.74. The predicted octanol–water partition coefficient (Wildman–Crippen LogP) is 3.36. The van der Waals surface area contributed by atoms with Gasteiger partial charge in [0.25, 0.3) is 5.91 Å². The first kappa shape index (κ1) is 16.0. The number of carbonyl (C=O) groups is 1. The number of aliphatic hydroxyl groups is 1. The van der Waals surface area contributed by atoms with E-state index in [9.17, 15) is 23.1 Å². The van der Waals surface area contributed by atoms with E-state index < -0.39 is 28.9 Å². The van der Waals surface area contributed by atoms with Crippen LogP contribution in [-0.4, -0.2) is 16.6 Å². The number of amides is 1. The molecule has 4 nitrogen and oxygen atoms in total. The van der Waals surface area contributed by atoms with Crippen LogP contribution in [0.25, 0.3) is 4.85 Å². The zero-order valence-electron chi connectivity index (χ0n) is 10.9. The van der Waals surface area contributed by atoms with Crippen LogP contribution >= 0.6 is 0 Å². The molecule has 0 aliphatic carbocycles. The topological polar surface area (TPSA) is 53.7 Å². The van der Waals surface area contributed by atoms with Crippen LogP contribution in [0.15, 0.2) is 18.2 Å². The Morgan fingerprint density at radius 3 is 2.50 bits per heavy atom. The molecule has 0 aromatic heterocycles. The van der Waals surface area contributed by atoms with Crippen molar-refractivity contribution in [3.05, 3.63) is 35.2 Å². The third-order valence-electron chi connectivity index (χ3n) is 2.86. The minimum absolute atomic E-state index is 0.116. The van der Waals surface area contributed by atoms with Crippen LogP contribution in [0.5, 0.6) is 0 Å². The van der Waals surface area contributed by atoms with Gasteiger partial charge in [0.2, 0.25) is 0 Å². The number of hydrogen-bond acceptors (Lipinski definition) is 2. The van der Waals surface area contributed by atoms with Crippen molar-refractivity contribution in [2.24, 2.45) is 0 Å². The van der Waals surface area contributed by atoms with E-state index >= 15 is 0 Å². The fraction of sp³-hybridized carbons (Fsp3) is 0.385. The minimum atomic E-state index is -4.69. The van der Waals surface area contributed by atoms with Gasteiger partial charge < -0.3 is 10.4 Å². The van der Waals surface area contributed by atoms with Crippen molar-refractivity contribution in [2.45, 2.75) is 32.0 Å². The molecule has 0 radical (unpaired) electrons. The quantitative estimate of drug-likeness (QED) is 0.837. The summed E-state index contributed by atoms with van der Waals surface area (Å²) in [4.78, 5) is 14.5. The molecule has 0 heterocycles. The Labute approximate surface area is 114 Å². The van der Waals surface area contributed by atoms with Gasteiger partial charge >= 0.3 is 6.18 Å². The van der Waals surface area contributed by atoms with Gasteiger partial charge in [-0.1, -0.05) is 13.0 Å². The minimum Gasteiger partial charge on any atom is -0.380 e. The van der Waals surface area contributed by atoms with E-state index in [1.165, 1.54) is 13.0 Å². The third kappa shape index (κ3) is 3.48. The summed E-state index contributed by atoms with van der Waals surface area (Å²) < 4.78 is 38.2. The van der Waals surface area contributed by atoms with E-state index in [0.29, 0.717) is 6.07 Å². The molecule has 108 valence electrons. The fourth-order valence-corrected chi connectivity index (χ4v) is 1.36. The lowest BCUT2D eigenvalue weighted by molar-refractivity contribution is -0.137. The van der Waals surface area contributed by atoms with Crippen LogP contribution in [0, 0.1) is 6.57 Å². The maximum atomic E-state index is 12.7. The van der Waals surface area contributed by atoms with Gasteiger partial charge in [-0.25, -0.2) is 4.85 Å². The Morgan fingerprint density at radius 2 is 2.05 bits per heavy atom. The lowest BCUT2D eigenvalue weighted by atomic mass is 10.0. The van der Waals surface area contributed by atoms with Gasteiger partial charge in [0.05, 0.1) is 12.1 Å². The lowest BCUT2D eigenvalue weighted by Gasteiger charge is -2.20. The third-order valence-corrected chi connectivity index (χ3v) is 2.86. The van der Waals surface area contributed by atoms with Gasteiger partial charge in [0.15, 0.2) is 5.69 Å².